The number of nitrogens with one attached hydrogen (secondary N) is 1. The van der Waals surface area contributed by atoms with Crippen molar-refractivity contribution in [2.75, 3.05) is 6.54 Å². The maximum Gasteiger partial charge on any atom is 0.225 e. The van der Waals surface area contributed by atoms with Crippen molar-refractivity contribution in [3.63, 3.8) is 0 Å². The van der Waals surface area contributed by atoms with Crippen molar-refractivity contribution in [1.29, 1.82) is 0 Å². The fourth-order valence-corrected chi connectivity index (χ4v) is 2.11. The maximum absolute atomic E-state index is 12.1. The van der Waals surface area contributed by atoms with Crippen LogP contribution in [0, 0.1) is 5.41 Å². The molecule has 0 aromatic heterocycles. The van der Waals surface area contributed by atoms with Crippen LogP contribution < -0.4 is 5.32 Å². The van der Waals surface area contributed by atoms with Gasteiger partial charge in [-0.2, -0.15) is 0 Å². The van der Waals surface area contributed by atoms with Crippen LogP contribution in [0.4, 0.5) is 0 Å². The lowest BCUT2D eigenvalue weighted by Crippen LogP contribution is -2.47. The van der Waals surface area contributed by atoms with Crippen molar-refractivity contribution < 1.29 is 4.79 Å². The summed E-state index contributed by atoms with van der Waals surface area (Å²) in [5.41, 5.74) is 0.969. The van der Waals surface area contributed by atoms with Crippen molar-refractivity contribution in [1.82, 2.24) is 10.2 Å². The van der Waals surface area contributed by atoms with Gasteiger partial charge in [-0.05, 0) is 26.3 Å². The first-order valence-electron chi connectivity index (χ1n) is 7.79. The highest BCUT2D eigenvalue weighted by Crippen LogP contribution is 2.14. The van der Waals surface area contributed by atoms with E-state index in [1.807, 2.05) is 26.8 Å². The molecule has 0 saturated carbocycles. The number of carbonyl (C=O) groups is 1. The van der Waals surface area contributed by atoms with Gasteiger partial charge >= 0.3 is 0 Å². The van der Waals surface area contributed by atoms with Gasteiger partial charge in [-0.15, -0.1) is 0 Å². The Kier molecular flexibility index (Phi) is 6.41. The minimum Gasteiger partial charge on any atom is -0.352 e. The second kappa shape index (κ2) is 7.60. The second-order valence-corrected chi connectivity index (χ2v) is 7.13. The Morgan fingerprint density at radius 1 is 1.14 bits per heavy atom. The van der Waals surface area contributed by atoms with Crippen LogP contribution in [0.15, 0.2) is 30.3 Å². The predicted octanol–water partition coefficient (Wildman–Crippen LogP) is 3.45. The normalized spacial score (nSPS) is 13.5. The average molecular weight is 290 g/mol. The highest BCUT2D eigenvalue weighted by Gasteiger charge is 2.23. The maximum atomic E-state index is 12.1. The number of benzene rings is 1. The number of nitrogens with zero attached hydrogens (tertiary/aromatic N) is 1. The topological polar surface area (TPSA) is 32.3 Å². The van der Waals surface area contributed by atoms with E-state index in [9.17, 15) is 4.79 Å². The smallest absolute Gasteiger partial charge is 0.225 e. The minimum absolute atomic E-state index is 0.110. The molecule has 1 rings (SSSR count). The summed E-state index contributed by atoms with van der Waals surface area (Å²) in [6, 6.07) is 11.1. The van der Waals surface area contributed by atoms with Crippen LogP contribution in [0.25, 0.3) is 0 Å². The molecule has 1 amide bonds. The molecule has 1 aromatic rings. The third-order valence-corrected chi connectivity index (χ3v) is 3.53. The first kappa shape index (κ1) is 17.7. The van der Waals surface area contributed by atoms with E-state index in [4.69, 9.17) is 0 Å². The van der Waals surface area contributed by atoms with Gasteiger partial charge in [0.2, 0.25) is 5.91 Å². The lowest BCUT2D eigenvalue weighted by molar-refractivity contribution is -0.129. The van der Waals surface area contributed by atoms with Gasteiger partial charge in [0.25, 0.3) is 0 Å². The molecule has 0 fully saturated rings. The quantitative estimate of drug-likeness (QED) is 0.870. The van der Waals surface area contributed by atoms with E-state index in [0.29, 0.717) is 6.04 Å². The van der Waals surface area contributed by atoms with Crippen molar-refractivity contribution in [2.24, 2.45) is 5.41 Å². The number of amides is 1. The van der Waals surface area contributed by atoms with Crippen molar-refractivity contribution >= 4 is 5.91 Å². The van der Waals surface area contributed by atoms with E-state index in [1.165, 1.54) is 5.56 Å². The highest BCUT2D eigenvalue weighted by molar-refractivity contribution is 5.81. The molecule has 0 aliphatic rings. The molecule has 118 valence electrons. The Bertz CT molecular complexity index is 434. The van der Waals surface area contributed by atoms with E-state index in [-0.39, 0.29) is 17.4 Å². The van der Waals surface area contributed by atoms with Gasteiger partial charge < -0.3 is 5.32 Å². The predicted molar refractivity (Wildman–Crippen MR) is 89.0 cm³/mol. The van der Waals surface area contributed by atoms with Gasteiger partial charge in [0.15, 0.2) is 0 Å². The molecule has 0 saturated heterocycles. The zero-order valence-electron chi connectivity index (χ0n) is 14.3. The summed E-state index contributed by atoms with van der Waals surface area (Å²) < 4.78 is 0. The summed E-state index contributed by atoms with van der Waals surface area (Å²) in [5, 5.41) is 3.11. The summed E-state index contributed by atoms with van der Waals surface area (Å²) in [5.74, 6) is 0.110. The molecule has 0 aliphatic carbocycles. The molecule has 1 unspecified atom stereocenters. The Morgan fingerprint density at radius 2 is 1.71 bits per heavy atom. The number of carbonyl (C=O) groups excluding carboxylic acids is 1. The van der Waals surface area contributed by atoms with Gasteiger partial charge in [-0.3, -0.25) is 9.69 Å². The molecule has 0 heterocycles. The van der Waals surface area contributed by atoms with Crippen LogP contribution in [0.5, 0.6) is 0 Å². The molecule has 0 radical (unpaired) electrons. The zero-order chi connectivity index (χ0) is 16.0. The third-order valence-electron chi connectivity index (χ3n) is 3.53. The van der Waals surface area contributed by atoms with E-state index in [0.717, 1.165) is 13.1 Å². The van der Waals surface area contributed by atoms with E-state index < -0.39 is 0 Å². The molecule has 3 heteroatoms. The molecule has 1 N–H and O–H groups in total. The lowest BCUT2D eigenvalue weighted by atomic mass is 9.95. The minimum atomic E-state index is -0.337. The Labute approximate surface area is 129 Å². The van der Waals surface area contributed by atoms with Gasteiger partial charge in [0.05, 0.1) is 0 Å². The first-order valence-corrected chi connectivity index (χ1v) is 7.79. The monoisotopic (exact) mass is 290 g/mol. The molecule has 0 bridgehead atoms. The standard InChI is InChI=1S/C18H30N2O/c1-14(2)20(13-16-10-8-7-9-11-16)12-15(3)19-17(21)18(4,5)6/h7-11,14-15H,12-13H2,1-6H3,(H,19,21). The van der Waals surface area contributed by atoms with Crippen LogP contribution >= 0.6 is 0 Å². The molecule has 21 heavy (non-hydrogen) atoms. The molecule has 3 nitrogen and oxygen atoms in total. The van der Waals surface area contributed by atoms with E-state index in [2.05, 4.69) is 55.3 Å². The Hall–Kier alpha value is -1.35. The molecule has 1 atom stereocenters. The fraction of sp³-hybridized carbons (Fsp3) is 0.611. The Balaban J connectivity index is 2.60. The van der Waals surface area contributed by atoms with Crippen LogP contribution in [0.3, 0.4) is 0 Å². The number of hydrogen-bond donors (Lipinski definition) is 1. The zero-order valence-corrected chi connectivity index (χ0v) is 14.3. The molecule has 0 aliphatic heterocycles. The second-order valence-electron chi connectivity index (χ2n) is 7.13. The summed E-state index contributed by atoms with van der Waals surface area (Å²) in [6.07, 6.45) is 0. The van der Waals surface area contributed by atoms with Crippen molar-refractivity contribution in [3.8, 4) is 0 Å². The molecular weight excluding hydrogens is 260 g/mol. The van der Waals surface area contributed by atoms with Crippen LogP contribution in [-0.2, 0) is 11.3 Å². The highest BCUT2D eigenvalue weighted by atomic mass is 16.2. The van der Waals surface area contributed by atoms with Crippen LogP contribution in [0.1, 0.15) is 47.1 Å². The average Bonchev–Trinajstić information content (AvgIpc) is 2.37. The van der Waals surface area contributed by atoms with Gasteiger partial charge in [-0.1, -0.05) is 51.1 Å². The fourth-order valence-electron chi connectivity index (χ4n) is 2.11. The van der Waals surface area contributed by atoms with Crippen molar-refractivity contribution in [3.05, 3.63) is 35.9 Å². The SMILES string of the molecule is CC(CN(Cc1ccccc1)C(C)C)NC(=O)C(C)(C)C. The number of rotatable bonds is 6. The van der Waals surface area contributed by atoms with Gasteiger partial charge in [0.1, 0.15) is 0 Å². The lowest BCUT2D eigenvalue weighted by Gasteiger charge is -2.31. The number of hydrogen-bond acceptors (Lipinski definition) is 2. The van der Waals surface area contributed by atoms with E-state index in [1.54, 1.807) is 0 Å². The summed E-state index contributed by atoms with van der Waals surface area (Å²) in [6.45, 7) is 14.1. The molecule has 1 aromatic carbocycles. The Morgan fingerprint density at radius 3 is 2.19 bits per heavy atom. The first-order chi connectivity index (χ1) is 9.70. The van der Waals surface area contributed by atoms with Crippen LogP contribution in [-0.4, -0.2) is 29.4 Å². The summed E-state index contributed by atoms with van der Waals surface area (Å²) in [4.78, 5) is 14.4. The molecular formula is C18H30N2O. The van der Waals surface area contributed by atoms with Crippen molar-refractivity contribution in [2.45, 2.75) is 60.2 Å². The van der Waals surface area contributed by atoms with Gasteiger partial charge in [-0.25, -0.2) is 0 Å². The largest absolute Gasteiger partial charge is 0.352 e. The summed E-state index contributed by atoms with van der Waals surface area (Å²) in [7, 11) is 0. The van der Waals surface area contributed by atoms with Gasteiger partial charge in [0, 0.05) is 30.6 Å². The van der Waals surface area contributed by atoms with E-state index >= 15 is 0 Å². The third kappa shape index (κ3) is 6.30. The molecule has 0 spiro atoms. The van der Waals surface area contributed by atoms with Crippen LogP contribution in [0.2, 0.25) is 0 Å². The summed E-state index contributed by atoms with van der Waals surface area (Å²) >= 11 is 0.